The number of benzene rings is 3. The quantitative estimate of drug-likeness (QED) is 0.532. The van der Waals surface area contributed by atoms with Crippen molar-refractivity contribution in [1.82, 2.24) is 4.90 Å². The molecule has 3 aromatic carbocycles. The number of likely N-dealkylation sites (tertiary alicyclic amines) is 1. The van der Waals surface area contributed by atoms with Crippen LogP contribution in [0.25, 0.3) is 10.8 Å². The zero-order chi connectivity index (χ0) is 19.5. The molecule has 0 spiro atoms. The summed E-state index contributed by atoms with van der Waals surface area (Å²) in [6.45, 7) is 1.72. The lowest BCUT2D eigenvalue weighted by atomic mass is 9.97. The van der Waals surface area contributed by atoms with E-state index in [1.54, 1.807) is 18.2 Å². The van der Waals surface area contributed by atoms with E-state index < -0.39 is 0 Å². The summed E-state index contributed by atoms with van der Waals surface area (Å²) in [7, 11) is 0. The molecule has 1 heterocycles. The van der Waals surface area contributed by atoms with Crippen LogP contribution in [0.5, 0.6) is 0 Å². The van der Waals surface area contributed by atoms with Crippen LogP contribution in [-0.2, 0) is 4.79 Å². The van der Waals surface area contributed by atoms with E-state index in [4.69, 9.17) is 23.2 Å². The molecule has 3 aromatic rings. The number of halogens is 2. The van der Waals surface area contributed by atoms with E-state index >= 15 is 0 Å². The molecule has 0 aromatic heterocycles. The van der Waals surface area contributed by atoms with Gasteiger partial charge in [0.15, 0.2) is 0 Å². The number of carbonyl (C=O) groups excluding carboxylic acids is 1. The van der Waals surface area contributed by atoms with Crippen molar-refractivity contribution in [3.63, 3.8) is 0 Å². The minimum absolute atomic E-state index is 0.0708. The van der Waals surface area contributed by atoms with E-state index in [-0.39, 0.29) is 5.91 Å². The minimum Gasteiger partial charge on any atom is -0.324 e. The standard InChI is InChI=1S/C23H22Cl2N2O/c24-19-10-4-11-20(25)23(19)26-22(28)13-15-27-14-5-12-21(27)18-9-3-7-16-6-1-2-8-17(16)18/h1-4,6-11,21H,5,12-15H2,(H,26,28). The van der Waals surface area contributed by atoms with Gasteiger partial charge < -0.3 is 5.32 Å². The molecule has 5 heteroatoms. The zero-order valence-corrected chi connectivity index (χ0v) is 17.0. The summed E-state index contributed by atoms with van der Waals surface area (Å²) in [6.07, 6.45) is 2.67. The first-order valence-electron chi connectivity index (χ1n) is 9.59. The molecule has 1 fully saturated rings. The number of para-hydroxylation sites is 1. The van der Waals surface area contributed by atoms with E-state index in [1.165, 1.54) is 16.3 Å². The van der Waals surface area contributed by atoms with E-state index in [0.717, 1.165) is 19.4 Å². The van der Waals surface area contributed by atoms with Crippen molar-refractivity contribution < 1.29 is 4.79 Å². The maximum atomic E-state index is 12.5. The number of nitrogens with one attached hydrogen (secondary N) is 1. The topological polar surface area (TPSA) is 32.3 Å². The predicted octanol–water partition coefficient (Wildman–Crippen LogP) is 6.31. The van der Waals surface area contributed by atoms with Crippen LogP contribution in [0, 0.1) is 0 Å². The minimum atomic E-state index is -0.0708. The van der Waals surface area contributed by atoms with Crippen LogP contribution in [0.15, 0.2) is 60.7 Å². The number of hydrogen-bond donors (Lipinski definition) is 1. The summed E-state index contributed by atoms with van der Waals surface area (Å²) in [6, 6.07) is 20.6. The SMILES string of the molecule is O=C(CCN1CCCC1c1cccc2ccccc12)Nc1c(Cl)cccc1Cl. The molecule has 0 bridgehead atoms. The van der Waals surface area contributed by atoms with Crippen molar-refractivity contribution in [1.29, 1.82) is 0 Å². The molecule has 1 saturated heterocycles. The van der Waals surface area contributed by atoms with E-state index in [0.29, 0.717) is 34.7 Å². The summed E-state index contributed by atoms with van der Waals surface area (Å²) in [5, 5.41) is 6.33. The van der Waals surface area contributed by atoms with Crippen molar-refractivity contribution in [2.45, 2.75) is 25.3 Å². The van der Waals surface area contributed by atoms with Gasteiger partial charge in [-0.05, 0) is 47.9 Å². The van der Waals surface area contributed by atoms with Gasteiger partial charge in [0, 0.05) is 19.0 Å². The van der Waals surface area contributed by atoms with Gasteiger partial charge in [-0.25, -0.2) is 0 Å². The lowest BCUT2D eigenvalue weighted by Gasteiger charge is -2.25. The Kier molecular flexibility index (Phi) is 5.86. The molecule has 144 valence electrons. The molecule has 1 atom stereocenters. The van der Waals surface area contributed by atoms with Gasteiger partial charge in [-0.2, -0.15) is 0 Å². The highest BCUT2D eigenvalue weighted by Crippen LogP contribution is 2.36. The Hall–Kier alpha value is -2.07. The molecular formula is C23H22Cl2N2O. The molecule has 0 aliphatic carbocycles. The Balaban J connectivity index is 1.45. The molecule has 1 aliphatic heterocycles. The highest BCUT2D eigenvalue weighted by Gasteiger charge is 2.27. The number of rotatable bonds is 5. The molecule has 1 N–H and O–H groups in total. The van der Waals surface area contributed by atoms with E-state index in [2.05, 4.69) is 52.7 Å². The predicted molar refractivity (Wildman–Crippen MR) is 117 cm³/mol. The molecule has 3 nitrogen and oxygen atoms in total. The van der Waals surface area contributed by atoms with Crippen LogP contribution >= 0.6 is 23.2 Å². The lowest BCUT2D eigenvalue weighted by molar-refractivity contribution is -0.116. The highest BCUT2D eigenvalue weighted by atomic mass is 35.5. The highest BCUT2D eigenvalue weighted by molar-refractivity contribution is 6.39. The third-order valence-electron chi connectivity index (χ3n) is 5.40. The summed E-state index contributed by atoms with van der Waals surface area (Å²) in [5.74, 6) is -0.0708. The second-order valence-corrected chi connectivity index (χ2v) is 7.97. The Labute approximate surface area is 175 Å². The van der Waals surface area contributed by atoms with Crippen molar-refractivity contribution in [2.75, 3.05) is 18.4 Å². The molecule has 0 radical (unpaired) electrons. The number of nitrogens with zero attached hydrogens (tertiary/aromatic N) is 1. The summed E-state index contributed by atoms with van der Waals surface area (Å²) >= 11 is 12.3. The number of anilines is 1. The third-order valence-corrected chi connectivity index (χ3v) is 6.03. The number of fused-ring (bicyclic) bond motifs is 1. The normalized spacial score (nSPS) is 17.1. The van der Waals surface area contributed by atoms with Crippen molar-refractivity contribution in [3.8, 4) is 0 Å². The number of hydrogen-bond acceptors (Lipinski definition) is 2. The molecule has 0 saturated carbocycles. The zero-order valence-electron chi connectivity index (χ0n) is 15.5. The second kappa shape index (κ2) is 8.52. The molecule has 28 heavy (non-hydrogen) atoms. The van der Waals surface area contributed by atoms with Crippen LogP contribution in [0.2, 0.25) is 10.0 Å². The summed E-state index contributed by atoms with van der Waals surface area (Å²) in [4.78, 5) is 14.9. The first-order chi connectivity index (χ1) is 13.6. The second-order valence-electron chi connectivity index (χ2n) is 7.16. The monoisotopic (exact) mass is 412 g/mol. The van der Waals surface area contributed by atoms with Crippen molar-refractivity contribution in [3.05, 3.63) is 76.3 Å². The van der Waals surface area contributed by atoms with Gasteiger partial charge in [0.1, 0.15) is 0 Å². The van der Waals surface area contributed by atoms with Crippen molar-refractivity contribution in [2.24, 2.45) is 0 Å². The number of amides is 1. The van der Waals surface area contributed by atoms with Crippen molar-refractivity contribution >= 4 is 45.6 Å². The fourth-order valence-electron chi connectivity index (χ4n) is 4.05. The van der Waals surface area contributed by atoms with E-state index in [9.17, 15) is 4.79 Å². The lowest BCUT2D eigenvalue weighted by Crippen LogP contribution is -2.28. The van der Waals surface area contributed by atoms with Crippen LogP contribution < -0.4 is 5.32 Å². The van der Waals surface area contributed by atoms with Crippen LogP contribution in [-0.4, -0.2) is 23.9 Å². The Bertz CT molecular complexity index is 979. The maximum Gasteiger partial charge on any atom is 0.225 e. The molecule has 1 aliphatic rings. The maximum absolute atomic E-state index is 12.5. The first-order valence-corrected chi connectivity index (χ1v) is 10.3. The van der Waals surface area contributed by atoms with E-state index in [1.807, 2.05) is 0 Å². The average molecular weight is 413 g/mol. The fourth-order valence-corrected chi connectivity index (χ4v) is 4.54. The van der Waals surface area contributed by atoms with Gasteiger partial charge in [-0.15, -0.1) is 0 Å². The Morgan fingerprint density at radius 2 is 1.71 bits per heavy atom. The molecule has 1 unspecified atom stereocenters. The van der Waals surface area contributed by atoms with Gasteiger partial charge >= 0.3 is 0 Å². The van der Waals surface area contributed by atoms with Gasteiger partial charge in [-0.3, -0.25) is 9.69 Å². The van der Waals surface area contributed by atoms with Gasteiger partial charge in [0.25, 0.3) is 0 Å². The Morgan fingerprint density at radius 3 is 2.54 bits per heavy atom. The fraction of sp³-hybridized carbons (Fsp3) is 0.261. The van der Waals surface area contributed by atoms with Crippen LogP contribution in [0.3, 0.4) is 0 Å². The molecule has 4 rings (SSSR count). The van der Waals surface area contributed by atoms with Gasteiger partial charge in [-0.1, -0.05) is 71.7 Å². The average Bonchev–Trinajstić information content (AvgIpc) is 3.17. The van der Waals surface area contributed by atoms with Gasteiger partial charge in [0.05, 0.1) is 15.7 Å². The summed E-state index contributed by atoms with van der Waals surface area (Å²) in [5.41, 5.74) is 1.84. The van der Waals surface area contributed by atoms with Gasteiger partial charge in [0.2, 0.25) is 5.91 Å². The molecule has 1 amide bonds. The number of carbonyl (C=O) groups is 1. The first kappa shape index (κ1) is 19.3. The largest absolute Gasteiger partial charge is 0.324 e. The smallest absolute Gasteiger partial charge is 0.225 e. The molecular weight excluding hydrogens is 391 g/mol. The Morgan fingerprint density at radius 1 is 1.00 bits per heavy atom. The summed E-state index contributed by atoms with van der Waals surface area (Å²) < 4.78 is 0. The van der Waals surface area contributed by atoms with Crippen LogP contribution in [0.4, 0.5) is 5.69 Å². The third kappa shape index (κ3) is 4.02. The van der Waals surface area contributed by atoms with Crippen LogP contribution in [0.1, 0.15) is 30.9 Å².